The molecule has 0 amide bonds. The second kappa shape index (κ2) is 14.9. The molecule has 0 bridgehead atoms. The molecule has 1 aliphatic heterocycles. The van der Waals surface area contributed by atoms with Gasteiger partial charge in [-0.25, -0.2) is 18.5 Å². The van der Waals surface area contributed by atoms with Crippen LogP contribution in [0.4, 0.5) is 5.69 Å². The summed E-state index contributed by atoms with van der Waals surface area (Å²) in [7, 11) is -3.92. The van der Waals surface area contributed by atoms with Crippen LogP contribution in [-0.4, -0.2) is 25.8 Å². The van der Waals surface area contributed by atoms with E-state index in [-0.39, 0.29) is 5.70 Å². The summed E-state index contributed by atoms with van der Waals surface area (Å²) in [5.41, 5.74) is 5.81. The van der Waals surface area contributed by atoms with Crippen molar-refractivity contribution in [2.75, 3.05) is 17.7 Å². The van der Waals surface area contributed by atoms with Gasteiger partial charge in [0.2, 0.25) is 0 Å². The number of hydrogen-bond acceptors (Lipinski definition) is 7. The van der Waals surface area contributed by atoms with Crippen LogP contribution >= 0.6 is 11.8 Å². The number of rotatable bonds is 7. The molecule has 0 aromatic heterocycles. The lowest BCUT2D eigenvalue weighted by Crippen LogP contribution is -2.18. The lowest BCUT2D eigenvalue weighted by molar-refractivity contribution is 0.470. The highest BCUT2D eigenvalue weighted by molar-refractivity contribution is 8.03. The molecule has 0 fully saturated rings. The second-order valence-electron chi connectivity index (χ2n) is 9.37. The maximum Gasteiger partial charge on any atom is 0.270 e. The molecular weight excluding hydrogens is 565 g/mol. The second-order valence-corrected chi connectivity index (χ2v) is 11.8. The molecule has 7 nitrogen and oxygen atoms in total. The Morgan fingerprint density at radius 3 is 2.29 bits per heavy atom. The van der Waals surface area contributed by atoms with E-state index in [0.29, 0.717) is 23.0 Å². The van der Waals surface area contributed by atoms with Gasteiger partial charge in [0.1, 0.15) is 0 Å². The lowest BCUT2D eigenvalue weighted by Gasteiger charge is -2.20. The van der Waals surface area contributed by atoms with Crippen LogP contribution in [-0.2, 0) is 10.1 Å². The SMILES string of the molecule is CS(=O)(=O)[O-].[C-]#[N+]/C(C#N)=C(\C(C#N)=CC=C1Sc2ccc(-c3ccccc3)cc2N1CCCC)c1ccc(C)cc1. The Hall–Kier alpha value is -4.59. The van der Waals surface area contributed by atoms with E-state index in [1.54, 1.807) is 17.8 Å². The van der Waals surface area contributed by atoms with Crippen LogP contribution < -0.4 is 4.90 Å². The van der Waals surface area contributed by atoms with Gasteiger partial charge in [-0.05, 0) is 54.3 Å². The van der Waals surface area contributed by atoms with Crippen LogP contribution in [0.1, 0.15) is 30.9 Å². The van der Waals surface area contributed by atoms with E-state index < -0.39 is 10.1 Å². The molecule has 212 valence electrons. The lowest BCUT2D eigenvalue weighted by atomic mass is 9.95. The van der Waals surface area contributed by atoms with Crippen LogP contribution in [0.3, 0.4) is 0 Å². The van der Waals surface area contributed by atoms with Crippen molar-refractivity contribution in [2.24, 2.45) is 0 Å². The zero-order valence-electron chi connectivity index (χ0n) is 23.5. The number of hydrogen-bond donors (Lipinski definition) is 0. The number of nitriles is 2. The number of benzene rings is 3. The van der Waals surface area contributed by atoms with Gasteiger partial charge in [-0.2, -0.15) is 5.26 Å². The van der Waals surface area contributed by atoms with Gasteiger partial charge in [0, 0.05) is 23.3 Å². The van der Waals surface area contributed by atoms with Crippen LogP contribution in [0.25, 0.3) is 21.5 Å². The molecule has 9 heteroatoms. The Morgan fingerprint density at radius 2 is 1.71 bits per heavy atom. The maximum atomic E-state index is 10.1. The van der Waals surface area contributed by atoms with E-state index in [4.69, 9.17) is 19.5 Å². The predicted octanol–water partition coefficient (Wildman–Crippen LogP) is 7.68. The zero-order valence-corrected chi connectivity index (χ0v) is 25.2. The van der Waals surface area contributed by atoms with Crippen LogP contribution in [0.2, 0.25) is 0 Å². The van der Waals surface area contributed by atoms with Crippen molar-refractivity contribution in [3.05, 3.63) is 124 Å². The summed E-state index contributed by atoms with van der Waals surface area (Å²) >= 11 is 1.67. The Bertz CT molecular complexity index is 1730. The predicted molar refractivity (Wildman–Crippen MR) is 168 cm³/mol. The third-order valence-electron chi connectivity index (χ3n) is 6.15. The van der Waals surface area contributed by atoms with Crippen molar-refractivity contribution in [3.63, 3.8) is 0 Å². The first-order chi connectivity index (χ1) is 20.1. The minimum atomic E-state index is -3.92. The minimum Gasteiger partial charge on any atom is -0.748 e. The third kappa shape index (κ3) is 8.70. The van der Waals surface area contributed by atoms with Gasteiger partial charge in [0.25, 0.3) is 5.70 Å². The van der Waals surface area contributed by atoms with Gasteiger partial charge in [-0.3, -0.25) is 0 Å². The van der Waals surface area contributed by atoms with E-state index in [0.717, 1.165) is 41.2 Å². The van der Waals surface area contributed by atoms with Crippen molar-refractivity contribution < 1.29 is 13.0 Å². The van der Waals surface area contributed by atoms with E-state index in [1.165, 1.54) is 10.5 Å². The fourth-order valence-electron chi connectivity index (χ4n) is 4.19. The van der Waals surface area contributed by atoms with Gasteiger partial charge in [0.15, 0.2) is 0 Å². The number of thioether (sulfide) groups is 1. The van der Waals surface area contributed by atoms with Crippen molar-refractivity contribution >= 4 is 33.1 Å². The molecule has 0 saturated carbocycles. The molecular formula is C33H29N4O3S2-. The molecule has 1 heterocycles. The maximum absolute atomic E-state index is 10.1. The summed E-state index contributed by atoms with van der Waals surface area (Å²) < 4.78 is 27.2. The van der Waals surface area contributed by atoms with Crippen molar-refractivity contribution in [3.8, 4) is 23.3 Å². The fourth-order valence-corrected chi connectivity index (χ4v) is 5.26. The number of aryl methyl sites for hydroxylation is 1. The Morgan fingerprint density at radius 1 is 1.05 bits per heavy atom. The van der Waals surface area contributed by atoms with Crippen LogP contribution in [0, 0.1) is 36.2 Å². The molecule has 4 rings (SSSR count). The largest absolute Gasteiger partial charge is 0.748 e. The van der Waals surface area contributed by atoms with Gasteiger partial charge in [0.05, 0.1) is 45.1 Å². The van der Waals surface area contributed by atoms with Crippen LogP contribution in [0.15, 0.2) is 106 Å². The summed E-state index contributed by atoms with van der Waals surface area (Å²) in [5, 5.41) is 20.7. The highest BCUT2D eigenvalue weighted by Gasteiger charge is 2.25. The van der Waals surface area contributed by atoms with E-state index in [1.807, 2.05) is 61.5 Å². The number of allylic oxidation sites excluding steroid dienone is 5. The molecule has 0 saturated heterocycles. The first-order valence-electron chi connectivity index (χ1n) is 13.1. The standard InChI is InChI=1S/C32H26N4S.CH4O3S/c1-4-5-19-36-29-20-26(24-9-7-6-8-10-24)15-17-30(29)37-31(36)18-16-27(21-33)32(28(22-34)35-3)25-13-11-23(2)12-14-25;1-5(2,3)4/h6-18,20H,4-5,19H2,1-2H3;1H3,(H,2,3,4)/p-1/b27-16?,31-18?,32-28-;. The van der Waals surface area contributed by atoms with Crippen LogP contribution in [0.5, 0.6) is 0 Å². The minimum absolute atomic E-state index is 0.0900. The summed E-state index contributed by atoms with van der Waals surface area (Å²) in [6.07, 6.45) is 6.38. The number of nitrogens with zero attached hydrogens (tertiary/aromatic N) is 4. The summed E-state index contributed by atoms with van der Waals surface area (Å²) in [6.45, 7) is 12.5. The van der Waals surface area contributed by atoms with Crippen molar-refractivity contribution in [2.45, 2.75) is 31.6 Å². The highest BCUT2D eigenvalue weighted by Crippen LogP contribution is 2.47. The normalized spacial score (nSPS) is 14.1. The molecule has 0 aliphatic carbocycles. The Labute approximate surface area is 252 Å². The molecule has 3 aromatic carbocycles. The summed E-state index contributed by atoms with van der Waals surface area (Å²) in [6, 6.07) is 28.6. The fraction of sp³-hybridized carbons (Fsp3) is 0.182. The number of unbranched alkanes of at least 4 members (excludes halogenated alkanes) is 1. The Balaban J connectivity index is 0.000000892. The smallest absolute Gasteiger partial charge is 0.270 e. The topological polar surface area (TPSA) is 112 Å². The number of fused-ring (bicyclic) bond motifs is 1. The quantitative estimate of drug-likeness (QED) is 0.119. The molecule has 1 aliphatic rings. The van der Waals surface area contributed by atoms with Crippen molar-refractivity contribution in [1.82, 2.24) is 0 Å². The molecule has 0 spiro atoms. The van der Waals surface area contributed by atoms with E-state index >= 15 is 0 Å². The first kappa shape index (κ1) is 31.9. The monoisotopic (exact) mass is 593 g/mol. The molecule has 0 radical (unpaired) electrons. The summed E-state index contributed by atoms with van der Waals surface area (Å²) in [5.74, 6) is 0. The van der Waals surface area contributed by atoms with Gasteiger partial charge >= 0.3 is 0 Å². The molecule has 3 aromatic rings. The molecule has 0 atom stereocenters. The third-order valence-corrected chi connectivity index (χ3v) is 7.28. The average molecular weight is 594 g/mol. The molecule has 0 N–H and O–H groups in total. The molecule has 42 heavy (non-hydrogen) atoms. The van der Waals surface area contributed by atoms with E-state index in [2.05, 4.69) is 53.1 Å². The van der Waals surface area contributed by atoms with Crippen molar-refractivity contribution in [1.29, 1.82) is 10.5 Å². The first-order valence-corrected chi connectivity index (χ1v) is 15.7. The summed E-state index contributed by atoms with van der Waals surface area (Å²) in [4.78, 5) is 6.89. The Kier molecular flexibility index (Phi) is 11.3. The average Bonchev–Trinajstić information content (AvgIpc) is 3.32. The number of anilines is 1. The zero-order chi connectivity index (χ0) is 30.7. The molecule has 0 unspecified atom stereocenters. The van der Waals surface area contributed by atoms with E-state index in [9.17, 15) is 10.5 Å². The highest BCUT2D eigenvalue weighted by atomic mass is 32.2. The van der Waals surface area contributed by atoms with Gasteiger partial charge in [-0.15, -0.1) is 0 Å². The van der Waals surface area contributed by atoms with Gasteiger partial charge in [-0.1, -0.05) is 91.3 Å². The van der Waals surface area contributed by atoms with Gasteiger partial charge < -0.3 is 9.45 Å².